The van der Waals surface area contributed by atoms with E-state index in [1.165, 1.54) is 0 Å². The minimum Gasteiger partial charge on any atom is -0.399 e. The average Bonchev–Trinajstić information content (AvgIpc) is 2.34. The fourth-order valence-electron chi connectivity index (χ4n) is 2.25. The van der Waals surface area contributed by atoms with E-state index in [1.807, 2.05) is 13.8 Å². The third kappa shape index (κ3) is 3.43. The fraction of sp³-hybridized carbons (Fsp3) is 0.538. The Bertz CT molecular complexity index is 564. The third-order valence-electron chi connectivity index (χ3n) is 3.41. The number of sulfonamides is 1. The summed E-state index contributed by atoms with van der Waals surface area (Å²) in [6, 6.07) is 3.37. The molecule has 0 bridgehead atoms. The highest BCUT2D eigenvalue weighted by molar-refractivity contribution is 7.99. The van der Waals surface area contributed by atoms with E-state index in [2.05, 4.69) is 4.72 Å². The van der Waals surface area contributed by atoms with E-state index in [-0.39, 0.29) is 6.04 Å². The van der Waals surface area contributed by atoms with Crippen molar-refractivity contribution in [2.24, 2.45) is 0 Å². The molecule has 1 aromatic rings. The van der Waals surface area contributed by atoms with Gasteiger partial charge in [-0.2, -0.15) is 11.8 Å². The molecule has 6 heteroatoms. The summed E-state index contributed by atoms with van der Waals surface area (Å²) in [5.74, 6) is 1.97. The van der Waals surface area contributed by atoms with E-state index < -0.39 is 10.0 Å². The molecule has 3 N–H and O–H groups in total. The van der Waals surface area contributed by atoms with Crippen molar-refractivity contribution in [1.29, 1.82) is 0 Å². The highest BCUT2D eigenvalue weighted by Crippen LogP contribution is 2.24. The summed E-state index contributed by atoms with van der Waals surface area (Å²) < 4.78 is 27.7. The highest BCUT2D eigenvalue weighted by Gasteiger charge is 2.24. The van der Waals surface area contributed by atoms with E-state index in [1.54, 1.807) is 23.9 Å². The molecule has 0 amide bonds. The van der Waals surface area contributed by atoms with Gasteiger partial charge in [0.1, 0.15) is 0 Å². The van der Waals surface area contributed by atoms with Crippen LogP contribution in [0, 0.1) is 13.8 Å². The highest BCUT2D eigenvalue weighted by atomic mass is 32.2. The lowest BCUT2D eigenvalue weighted by atomic mass is 10.1. The molecule has 1 aliphatic heterocycles. The smallest absolute Gasteiger partial charge is 0.241 e. The van der Waals surface area contributed by atoms with Gasteiger partial charge in [-0.05, 0) is 55.7 Å². The minimum absolute atomic E-state index is 0.0323. The van der Waals surface area contributed by atoms with Crippen LogP contribution in [0.2, 0.25) is 0 Å². The summed E-state index contributed by atoms with van der Waals surface area (Å²) in [5, 5.41) is 0. The molecule has 1 atom stereocenters. The number of hydrogen-bond acceptors (Lipinski definition) is 4. The second-order valence-corrected chi connectivity index (χ2v) is 7.83. The van der Waals surface area contributed by atoms with E-state index in [9.17, 15) is 8.42 Å². The maximum absolute atomic E-state index is 12.4. The predicted molar refractivity (Wildman–Crippen MR) is 81.0 cm³/mol. The SMILES string of the molecule is Cc1cc(N)cc(S(=O)(=O)NC2CCCSC2)c1C. The summed E-state index contributed by atoms with van der Waals surface area (Å²) in [6.07, 6.45) is 1.97. The van der Waals surface area contributed by atoms with E-state index >= 15 is 0 Å². The molecule has 1 unspecified atom stereocenters. The lowest BCUT2D eigenvalue weighted by molar-refractivity contribution is 0.542. The van der Waals surface area contributed by atoms with Crippen LogP contribution in [0.4, 0.5) is 5.69 Å². The van der Waals surface area contributed by atoms with Crippen LogP contribution in [0.5, 0.6) is 0 Å². The van der Waals surface area contributed by atoms with Gasteiger partial charge in [0.2, 0.25) is 10.0 Å². The predicted octanol–water partition coefficient (Wildman–Crippen LogP) is 2.06. The lowest BCUT2D eigenvalue weighted by Gasteiger charge is -2.23. The van der Waals surface area contributed by atoms with Gasteiger partial charge < -0.3 is 5.73 Å². The zero-order valence-electron chi connectivity index (χ0n) is 11.3. The van der Waals surface area contributed by atoms with Crippen LogP contribution < -0.4 is 10.5 Å². The number of thioether (sulfide) groups is 1. The Morgan fingerprint density at radius 2 is 2.11 bits per heavy atom. The van der Waals surface area contributed by atoms with E-state index in [0.717, 1.165) is 35.5 Å². The van der Waals surface area contributed by atoms with Gasteiger partial charge in [-0.1, -0.05) is 0 Å². The summed E-state index contributed by atoms with van der Waals surface area (Å²) >= 11 is 1.80. The van der Waals surface area contributed by atoms with Crippen LogP contribution in [0.3, 0.4) is 0 Å². The van der Waals surface area contributed by atoms with Crippen LogP contribution in [0.1, 0.15) is 24.0 Å². The van der Waals surface area contributed by atoms with Crippen LogP contribution in [-0.4, -0.2) is 26.0 Å². The first-order valence-corrected chi connectivity index (χ1v) is 9.01. The second-order valence-electron chi connectivity index (χ2n) is 5.00. The molecule has 0 radical (unpaired) electrons. The van der Waals surface area contributed by atoms with Crippen molar-refractivity contribution >= 4 is 27.5 Å². The van der Waals surface area contributed by atoms with Crippen molar-refractivity contribution in [3.63, 3.8) is 0 Å². The molecule has 0 spiro atoms. The molecule has 2 rings (SSSR count). The number of nitrogens with one attached hydrogen (secondary N) is 1. The van der Waals surface area contributed by atoms with E-state index in [4.69, 9.17) is 5.73 Å². The Morgan fingerprint density at radius 3 is 2.74 bits per heavy atom. The number of aryl methyl sites for hydroxylation is 1. The molecular formula is C13H20N2O2S2. The van der Waals surface area contributed by atoms with Crippen molar-refractivity contribution in [3.05, 3.63) is 23.3 Å². The van der Waals surface area contributed by atoms with Crippen molar-refractivity contribution in [3.8, 4) is 0 Å². The first-order valence-electron chi connectivity index (χ1n) is 6.37. The summed E-state index contributed by atoms with van der Waals surface area (Å²) in [6.45, 7) is 3.69. The number of anilines is 1. The second kappa shape index (κ2) is 5.73. The van der Waals surface area contributed by atoms with Gasteiger partial charge in [0.15, 0.2) is 0 Å². The molecule has 1 heterocycles. The van der Waals surface area contributed by atoms with Gasteiger partial charge in [-0.15, -0.1) is 0 Å². The van der Waals surface area contributed by atoms with E-state index in [0.29, 0.717) is 10.6 Å². The molecule has 0 saturated carbocycles. The fourth-order valence-corrected chi connectivity index (χ4v) is 5.05. The molecule has 1 aliphatic rings. The molecule has 1 saturated heterocycles. The quantitative estimate of drug-likeness (QED) is 0.838. The van der Waals surface area contributed by atoms with Crippen LogP contribution in [0.15, 0.2) is 17.0 Å². The standard InChI is InChI=1S/C13H20N2O2S2/c1-9-6-11(14)7-13(10(9)2)19(16,17)15-12-4-3-5-18-8-12/h6-7,12,15H,3-5,8,14H2,1-2H3. The Balaban J connectivity index is 2.28. The van der Waals surface area contributed by atoms with Gasteiger partial charge >= 0.3 is 0 Å². The van der Waals surface area contributed by atoms with Crippen molar-refractivity contribution in [1.82, 2.24) is 4.72 Å². The first kappa shape index (κ1) is 14.7. The van der Waals surface area contributed by atoms with Gasteiger partial charge in [-0.25, -0.2) is 13.1 Å². The molecule has 1 fully saturated rings. The van der Waals surface area contributed by atoms with Gasteiger partial charge in [0.05, 0.1) is 4.90 Å². The topological polar surface area (TPSA) is 72.2 Å². The summed E-state index contributed by atoms with van der Waals surface area (Å²) in [5.41, 5.74) is 7.92. The zero-order valence-corrected chi connectivity index (χ0v) is 12.9. The Morgan fingerprint density at radius 1 is 1.37 bits per heavy atom. The van der Waals surface area contributed by atoms with Crippen LogP contribution >= 0.6 is 11.8 Å². The van der Waals surface area contributed by atoms with Gasteiger partial charge in [0.25, 0.3) is 0 Å². The number of nitrogens with two attached hydrogens (primary N) is 1. The van der Waals surface area contributed by atoms with Crippen LogP contribution in [0.25, 0.3) is 0 Å². The van der Waals surface area contributed by atoms with Crippen molar-refractivity contribution in [2.45, 2.75) is 37.6 Å². The molecule has 0 aliphatic carbocycles. The van der Waals surface area contributed by atoms with Crippen molar-refractivity contribution in [2.75, 3.05) is 17.2 Å². The number of nitrogen functional groups attached to an aromatic ring is 1. The molecule has 0 aromatic heterocycles. The van der Waals surface area contributed by atoms with Crippen molar-refractivity contribution < 1.29 is 8.42 Å². The number of hydrogen-bond donors (Lipinski definition) is 2. The minimum atomic E-state index is -3.48. The molecule has 1 aromatic carbocycles. The normalized spacial score (nSPS) is 20.4. The Kier molecular flexibility index (Phi) is 4.43. The maximum Gasteiger partial charge on any atom is 0.241 e. The molecule has 19 heavy (non-hydrogen) atoms. The Labute approximate surface area is 119 Å². The number of benzene rings is 1. The maximum atomic E-state index is 12.4. The monoisotopic (exact) mass is 300 g/mol. The largest absolute Gasteiger partial charge is 0.399 e. The third-order valence-corrected chi connectivity index (χ3v) is 6.28. The lowest BCUT2D eigenvalue weighted by Crippen LogP contribution is -2.38. The first-order chi connectivity index (χ1) is 8.90. The number of rotatable bonds is 3. The zero-order chi connectivity index (χ0) is 14.0. The average molecular weight is 300 g/mol. The summed E-state index contributed by atoms with van der Waals surface area (Å²) in [4.78, 5) is 0.306. The van der Waals surface area contributed by atoms with Crippen LogP contribution in [-0.2, 0) is 10.0 Å². The van der Waals surface area contributed by atoms with Gasteiger partial charge in [0, 0.05) is 17.5 Å². The Hall–Kier alpha value is -0.720. The molecule has 4 nitrogen and oxygen atoms in total. The molecule has 106 valence electrons. The molecular weight excluding hydrogens is 280 g/mol. The van der Waals surface area contributed by atoms with Gasteiger partial charge in [-0.3, -0.25) is 0 Å². The summed E-state index contributed by atoms with van der Waals surface area (Å²) in [7, 11) is -3.48.